The molecule has 1 heterocycles. The quantitative estimate of drug-likeness (QED) is 0.279. The molecule has 4 nitrogen and oxygen atoms in total. The van der Waals surface area contributed by atoms with E-state index in [1.807, 2.05) is 0 Å². The number of carbonyl (C=O) groups excluding carboxylic acids is 1. The second kappa shape index (κ2) is 5.40. The molecule has 0 spiro atoms. The highest BCUT2D eigenvalue weighted by Gasteiger charge is 2.05. The molecule has 0 aliphatic rings. The maximum atomic E-state index is 11.1. The topological polar surface area (TPSA) is 81.1 Å². The van der Waals surface area contributed by atoms with E-state index in [9.17, 15) is 4.79 Å². The molecule has 0 bridgehead atoms. The molecule has 1 rings (SSSR count). The third-order valence-corrected chi connectivity index (χ3v) is 2.44. The van der Waals surface area contributed by atoms with E-state index < -0.39 is 0 Å². The lowest BCUT2D eigenvalue weighted by Gasteiger charge is -1.91. The predicted molar refractivity (Wildman–Crippen MR) is 56.5 cm³/mol. The number of rotatable bonds is 2. The zero-order valence-corrected chi connectivity index (χ0v) is 8.36. The summed E-state index contributed by atoms with van der Waals surface area (Å²) in [7, 11) is 0. The maximum Gasteiger partial charge on any atom is 0.275 e. The second-order valence-electron chi connectivity index (χ2n) is 2.48. The van der Waals surface area contributed by atoms with Crippen LogP contribution in [0.15, 0.2) is 12.1 Å². The van der Waals surface area contributed by atoms with Crippen LogP contribution < -0.4 is 17.0 Å². The fourth-order valence-corrected chi connectivity index (χ4v) is 1.60. The SMILES string of the molecule is NCCC#Cc1ccc(C(=O)NN)s1. The van der Waals surface area contributed by atoms with Gasteiger partial charge in [-0.15, -0.1) is 11.3 Å². The predicted octanol–water partition coefficient (Wildman–Crippen LogP) is 0.0519. The van der Waals surface area contributed by atoms with Gasteiger partial charge in [0.05, 0.1) is 9.75 Å². The van der Waals surface area contributed by atoms with Crippen molar-refractivity contribution < 1.29 is 4.79 Å². The fourth-order valence-electron chi connectivity index (χ4n) is 0.820. The van der Waals surface area contributed by atoms with Gasteiger partial charge in [-0.1, -0.05) is 11.8 Å². The van der Waals surface area contributed by atoms with Crippen LogP contribution in [0.2, 0.25) is 0 Å². The Bertz CT molecular complexity index is 375. The largest absolute Gasteiger partial charge is 0.330 e. The van der Waals surface area contributed by atoms with E-state index >= 15 is 0 Å². The Kier molecular flexibility index (Phi) is 4.13. The summed E-state index contributed by atoms with van der Waals surface area (Å²) in [4.78, 5) is 12.5. The number of hydrogen-bond donors (Lipinski definition) is 3. The number of amides is 1. The van der Waals surface area contributed by atoms with Crippen LogP contribution in [0.3, 0.4) is 0 Å². The summed E-state index contributed by atoms with van der Waals surface area (Å²) in [5.41, 5.74) is 7.35. The monoisotopic (exact) mass is 209 g/mol. The number of hydrogen-bond acceptors (Lipinski definition) is 4. The van der Waals surface area contributed by atoms with Crippen molar-refractivity contribution in [2.24, 2.45) is 11.6 Å². The molecule has 1 amide bonds. The van der Waals surface area contributed by atoms with Crippen LogP contribution in [0, 0.1) is 11.8 Å². The lowest BCUT2D eigenvalue weighted by Crippen LogP contribution is -2.29. The first-order valence-corrected chi connectivity index (χ1v) is 4.89. The molecule has 1 aromatic rings. The number of hydrazine groups is 1. The number of thiophene rings is 1. The van der Waals surface area contributed by atoms with Gasteiger partial charge in [0, 0.05) is 13.0 Å². The van der Waals surface area contributed by atoms with Gasteiger partial charge in [-0.2, -0.15) is 0 Å². The highest BCUT2D eigenvalue weighted by atomic mass is 32.1. The van der Waals surface area contributed by atoms with Crippen molar-refractivity contribution in [1.82, 2.24) is 5.43 Å². The fraction of sp³-hybridized carbons (Fsp3) is 0.222. The molecule has 0 saturated heterocycles. The van der Waals surface area contributed by atoms with Crippen molar-refractivity contribution in [2.75, 3.05) is 6.54 Å². The molecule has 5 N–H and O–H groups in total. The number of carbonyl (C=O) groups is 1. The Balaban J connectivity index is 2.70. The van der Waals surface area contributed by atoms with Crippen LogP contribution in [-0.2, 0) is 0 Å². The Morgan fingerprint density at radius 1 is 1.57 bits per heavy atom. The molecule has 1 aromatic heterocycles. The molecule has 0 atom stereocenters. The number of nitrogens with one attached hydrogen (secondary N) is 1. The first-order chi connectivity index (χ1) is 6.77. The molecular weight excluding hydrogens is 198 g/mol. The third kappa shape index (κ3) is 2.85. The van der Waals surface area contributed by atoms with Crippen LogP contribution in [0.1, 0.15) is 21.0 Å². The van der Waals surface area contributed by atoms with Crippen molar-refractivity contribution in [3.8, 4) is 11.8 Å². The van der Waals surface area contributed by atoms with E-state index in [0.29, 0.717) is 17.8 Å². The molecule has 0 aliphatic heterocycles. The number of nitrogen functional groups attached to an aromatic ring is 1. The molecule has 0 radical (unpaired) electrons. The minimum absolute atomic E-state index is 0.290. The van der Waals surface area contributed by atoms with Crippen molar-refractivity contribution in [2.45, 2.75) is 6.42 Å². The van der Waals surface area contributed by atoms with Gasteiger partial charge in [-0.3, -0.25) is 10.2 Å². The lowest BCUT2D eigenvalue weighted by atomic mass is 10.4. The Labute approximate surface area is 86.3 Å². The van der Waals surface area contributed by atoms with Gasteiger partial charge in [-0.25, -0.2) is 5.84 Å². The zero-order chi connectivity index (χ0) is 10.4. The second-order valence-corrected chi connectivity index (χ2v) is 3.56. The molecular formula is C9H11N3OS. The highest BCUT2D eigenvalue weighted by molar-refractivity contribution is 7.14. The van der Waals surface area contributed by atoms with Crippen molar-refractivity contribution in [3.05, 3.63) is 21.9 Å². The summed E-state index contributed by atoms with van der Waals surface area (Å²) in [5, 5.41) is 0. The summed E-state index contributed by atoms with van der Waals surface area (Å²) in [6.45, 7) is 0.550. The molecule has 0 unspecified atom stereocenters. The van der Waals surface area contributed by atoms with Crippen molar-refractivity contribution >= 4 is 17.2 Å². The van der Waals surface area contributed by atoms with Gasteiger partial charge in [0.25, 0.3) is 5.91 Å². The summed E-state index contributed by atoms with van der Waals surface area (Å²) >= 11 is 1.31. The smallest absolute Gasteiger partial charge is 0.275 e. The summed E-state index contributed by atoms with van der Waals surface area (Å²) in [6, 6.07) is 3.48. The van der Waals surface area contributed by atoms with E-state index in [-0.39, 0.29) is 5.91 Å². The first kappa shape index (κ1) is 10.7. The Morgan fingerprint density at radius 3 is 3.00 bits per heavy atom. The van der Waals surface area contributed by atoms with Crippen LogP contribution in [0.4, 0.5) is 0 Å². The molecule has 74 valence electrons. The molecule has 0 aliphatic carbocycles. The van der Waals surface area contributed by atoms with E-state index in [4.69, 9.17) is 11.6 Å². The van der Waals surface area contributed by atoms with E-state index in [0.717, 1.165) is 4.88 Å². The van der Waals surface area contributed by atoms with Crippen LogP contribution >= 0.6 is 11.3 Å². The summed E-state index contributed by atoms with van der Waals surface area (Å²) in [5.74, 6) is 10.5. The minimum Gasteiger partial charge on any atom is -0.330 e. The lowest BCUT2D eigenvalue weighted by molar-refractivity contribution is 0.0957. The molecule has 0 saturated carbocycles. The third-order valence-electron chi connectivity index (χ3n) is 1.44. The zero-order valence-electron chi connectivity index (χ0n) is 7.54. The van der Waals surface area contributed by atoms with Crippen LogP contribution in [-0.4, -0.2) is 12.5 Å². The van der Waals surface area contributed by atoms with E-state index in [2.05, 4.69) is 17.3 Å². The molecule has 0 fully saturated rings. The minimum atomic E-state index is -0.290. The number of nitrogens with two attached hydrogens (primary N) is 2. The van der Waals surface area contributed by atoms with E-state index in [1.165, 1.54) is 11.3 Å². The van der Waals surface area contributed by atoms with Gasteiger partial charge in [0.15, 0.2) is 0 Å². The standard InChI is InChI=1S/C9H11N3OS/c10-6-2-1-3-7-4-5-8(14-7)9(13)12-11/h4-5H,2,6,10-11H2,(H,12,13). The van der Waals surface area contributed by atoms with Crippen molar-refractivity contribution in [1.29, 1.82) is 0 Å². The van der Waals surface area contributed by atoms with Gasteiger partial charge in [-0.05, 0) is 12.1 Å². The normalized spacial score (nSPS) is 9.00. The molecule has 14 heavy (non-hydrogen) atoms. The Morgan fingerprint density at radius 2 is 2.36 bits per heavy atom. The van der Waals surface area contributed by atoms with E-state index in [1.54, 1.807) is 12.1 Å². The Hall–Kier alpha value is -1.35. The molecule has 5 heteroatoms. The average molecular weight is 209 g/mol. The van der Waals surface area contributed by atoms with Gasteiger partial charge >= 0.3 is 0 Å². The van der Waals surface area contributed by atoms with Gasteiger partial charge in [0.1, 0.15) is 0 Å². The van der Waals surface area contributed by atoms with Crippen LogP contribution in [0.25, 0.3) is 0 Å². The van der Waals surface area contributed by atoms with Crippen molar-refractivity contribution in [3.63, 3.8) is 0 Å². The first-order valence-electron chi connectivity index (χ1n) is 4.07. The molecule has 0 aromatic carbocycles. The van der Waals surface area contributed by atoms with Gasteiger partial charge < -0.3 is 5.73 Å². The summed E-state index contributed by atoms with van der Waals surface area (Å²) in [6.07, 6.45) is 0.663. The average Bonchev–Trinajstić information content (AvgIpc) is 2.66. The van der Waals surface area contributed by atoms with Gasteiger partial charge in [0.2, 0.25) is 0 Å². The highest BCUT2D eigenvalue weighted by Crippen LogP contribution is 2.14. The summed E-state index contributed by atoms with van der Waals surface area (Å²) < 4.78 is 0. The van der Waals surface area contributed by atoms with Crippen LogP contribution in [0.5, 0.6) is 0 Å². The maximum absolute atomic E-state index is 11.1.